The van der Waals surface area contributed by atoms with Crippen LogP contribution >= 0.6 is 11.6 Å². The maximum absolute atomic E-state index is 5.82. The van der Waals surface area contributed by atoms with Crippen LogP contribution in [0, 0.1) is 0 Å². The predicted octanol–water partition coefficient (Wildman–Crippen LogP) is 2.43. The van der Waals surface area contributed by atoms with Crippen molar-refractivity contribution in [2.45, 2.75) is 6.10 Å². The molecule has 0 saturated heterocycles. The quantitative estimate of drug-likeness (QED) is 0.719. The van der Waals surface area contributed by atoms with Gasteiger partial charge in [0, 0.05) is 11.2 Å². The fourth-order valence-electron chi connectivity index (χ4n) is 1.14. The minimum Gasteiger partial charge on any atom is -0.274 e. The number of halogens is 1. The van der Waals surface area contributed by atoms with Gasteiger partial charge in [0.05, 0.1) is 0 Å². The molecule has 62 valence electrons. The monoisotopic (exact) mass is 181 g/mol. The summed E-state index contributed by atoms with van der Waals surface area (Å²) >= 11 is 5.82. The van der Waals surface area contributed by atoms with Crippen molar-refractivity contribution >= 4 is 11.6 Å². The summed E-state index contributed by atoms with van der Waals surface area (Å²) in [6, 6.07) is 7.63. The Balaban J connectivity index is 2.27. The molecule has 0 amide bonds. The van der Waals surface area contributed by atoms with Gasteiger partial charge in [0.1, 0.15) is 6.10 Å². The lowest BCUT2D eigenvalue weighted by atomic mass is 10.1. The molecule has 0 spiro atoms. The zero-order valence-corrected chi connectivity index (χ0v) is 7.08. The van der Waals surface area contributed by atoms with Crippen molar-refractivity contribution in [2.24, 2.45) is 0 Å². The molecule has 1 aliphatic rings. The molecule has 2 nitrogen and oxygen atoms in total. The standard InChI is InChI=1S/C9H8ClNO/c10-8-3-1-2-7(6-8)9-4-5-11-12-9/h1-6,9,11H. The second-order valence-corrected chi connectivity index (χ2v) is 3.01. The molecule has 0 fully saturated rings. The zero-order valence-electron chi connectivity index (χ0n) is 6.33. The second kappa shape index (κ2) is 3.17. The summed E-state index contributed by atoms with van der Waals surface area (Å²) in [5, 5.41) is 0.733. The van der Waals surface area contributed by atoms with Crippen molar-refractivity contribution in [1.29, 1.82) is 0 Å². The SMILES string of the molecule is Clc1cccc(C2C=CNO2)c1. The van der Waals surface area contributed by atoms with Crippen molar-refractivity contribution in [3.8, 4) is 0 Å². The lowest BCUT2D eigenvalue weighted by molar-refractivity contribution is 0.0470. The van der Waals surface area contributed by atoms with Crippen LogP contribution < -0.4 is 5.48 Å². The van der Waals surface area contributed by atoms with Crippen molar-refractivity contribution < 1.29 is 4.84 Å². The van der Waals surface area contributed by atoms with Crippen molar-refractivity contribution in [3.05, 3.63) is 47.1 Å². The molecule has 2 rings (SSSR count). The summed E-state index contributed by atoms with van der Waals surface area (Å²) < 4.78 is 0. The zero-order chi connectivity index (χ0) is 8.39. The molecular weight excluding hydrogens is 174 g/mol. The Bertz CT molecular complexity index is 311. The highest BCUT2D eigenvalue weighted by Crippen LogP contribution is 2.23. The van der Waals surface area contributed by atoms with E-state index in [0.29, 0.717) is 0 Å². The Kier molecular flexibility index (Phi) is 2.02. The van der Waals surface area contributed by atoms with Gasteiger partial charge in [-0.3, -0.25) is 10.3 Å². The molecule has 1 atom stereocenters. The molecule has 12 heavy (non-hydrogen) atoms. The van der Waals surface area contributed by atoms with Crippen LogP contribution in [0.5, 0.6) is 0 Å². The topological polar surface area (TPSA) is 21.3 Å². The molecule has 0 saturated carbocycles. The van der Waals surface area contributed by atoms with Crippen molar-refractivity contribution in [3.63, 3.8) is 0 Å². The predicted molar refractivity (Wildman–Crippen MR) is 47.6 cm³/mol. The molecule has 1 aromatic carbocycles. The van der Waals surface area contributed by atoms with E-state index in [1.165, 1.54) is 0 Å². The first-order valence-electron chi connectivity index (χ1n) is 3.69. The molecule has 0 bridgehead atoms. The van der Waals surface area contributed by atoms with Gasteiger partial charge in [-0.05, 0) is 23.8 Å². The van der Waals surface area contributed by atoms with Gasteiger partial charge in [-0.25, -0.2) is 0 Å². The fraction of sp³-hybridized carbons (Fsp3) is 0.111. The van der Waals surface area contributed by atoms with Gasteiger partial charge in [0.2, 0.25) is 0 Å². The van der Waals surface area contributed by atoms with E-state index >= 15 is 0 Å². The largest absolute Gasteiger partial charge is 0.274 e. The second-order valence-electron chi connectivity index (χ2n) is 2.57. The van der Waals surface area contributed by atoms with Gasteiger partial charge in [-0.15, -0.1) is 0 Å². The lowest BCUT2D eigenvalue weighted by Gasteiger charge is -2.07. The first-order valence-corrected chi connectivity index (χ1v) is 4.07. The summed E-state index contributed by atoms with van der Waals surface area (Å²) in [7, 11) is 0. The highest BCUT2D eigenvalue weighted by Gasteiger charge is 2.11. The van der Waals surface area contributed by atoms with Crippen LogP contribution in [0.3, 0.4) is 0 Å². The molecule has 1 aliphatic heterocycles. The Hall–Kier alpha value is -0.990. The summed E-state index contributed by atoms with van der Waals surface area (Å²) in [5.41, 5.74) is 3.73. The van der Waals surface area contributed by atoms with Gasteiger partial charge < -0.3 is 0 Å². The fourth-order valence-corrected chi connectivity index (χ4v) is 1.34. The van der Waals surface area contributed by atoms with Gasteiger partial charge in [0.15, 0.2) is 0 Å². The van der Waals surface area contributed by atoms with Crippen LogP contribution in [-0.2, 0) is 4.84 Å². The molecule has 1 unspecified atom stereocenters. The number of nitrogens with one attached hydrogen (secondary N) is 1. The molecule has 1 heterocycles. The number of hydroxylamine groups is 1. The van der Waals surface area contributed by atoms with E-state index in [1.54, 1.807) is 6.20 Å². The third-order valence-corrected chi connectivity index (χ3v) is 1.95. The van der Waals surface area contributed by atoms with E-state index in [-0.39, 0.29) is 6.10 Å². The number of hydrogen-bond donors (Lipinski definition) is 1. The van der Waals surface area contributed by atoms with E-state index < -0.39 is 0 Å². The average molecular weight is 182 g/mol. The minimum atomic E-state index is -0.0105. The molecule has 3 heteroatoms. The summed E-state index contributed by atoms with van der Waals surface area (Å²) in [6.45, 7) is 0. The Morgan fingerprint density at radius 3 is 3.00 bits per heavy atom. The van der Waals surface area contributed by atoms with Crippen molar-refractivity contribution in [2.75, 3.05) is 0 Å². The number of hydrogen-bond acceptors (Lipinski definition) is 2. The van der Waals surface area contributed by atoms with Gasteiger partial charge >= 0.3 is 0 Å². The van der Waals surface area contributed by atoms with Crippen LogP contribution in [0.1, 0.15) is 11.7 Å². The molecule has 0 aromatic heterocycles. The highest BCUT2D eigenvalue weighted by atomic mass is 35.5. The molecular formula is C9H8ClNO. The van der Waals surface area contributed by atoms with Gasteiger partial charge in [0.25, 0.3) is 0 Å². The third kappa shape index (κ3) is 1.44. The van der Waals surface area contributed by atoms with Crippen LogP contribution in [0.15, 0.2) is 36.5 Å². The van der Waals surface area contributed by atoms with Gasteiger partial charge in [-0.2, -0.15) is 0 Å². The van der Waals surface area contributed by atoms with Crippen LogP contribution in [0.4, 0.5) is 0 Å². The molecule has 1 aromatic rings. The molecule has 0 radical (unpaired) electrons. The Labute approximate surface area is 75.8 Å². The van der Waals surface area contributed by atoms with E-state index in [0.717, 1.165) is 10.6 Å². The van der Waals surface area contributed by atoms with Crippen LogP contribution in [0.2, 0.25) is 5.02 Å². The lowest BCUT2D eigenvalue weighted by Crippen LogP contribution is -2.03. The Morgan fingerprint density at radius 2 is 2.33 bits per heavy atom. The summed E-state index contributed by atoms with van der Waals surface area (Å²) in [6.07, 6.45) is 3.70. The maximum Gasteiger partial charge on any atom is 0.130 e. The molecule has 1 N–H and O–H groups in total. The maximum atomic E-state index is 5.82. The van der Waals surface area contributed by atoms with E-state index in [2.05, 4.69) is 5.48 Å². The summed E-state index contributed by atoms with van der Waals surface area (Å²) in [4.78, 5) is 5.17. The number of rotatable bonds is 1. The van der Waals surface area contributed by atoms with Crippen LogP contribution in [-0.4, -0.2) is 0 Å². The van der Waals surface area contributed by atoms with E-state index in [9.17, 15) is 0 Å². The highest BCUT2D eigenvalue weighted by molar-refractivity contribution is 6.30. The van der Waals surface area contributed by atoms with Crippen molar-refractivity contribution in [1.82, 2.24) is 5.48 Å². The van der Waals surface area contributed by atoms with E-state index in [1.807, 2.05) is 30.3 Å². The number of benzene rings is 1. The van der Waals surface area contributed by atoms with E-state index in [4.69, 9.17) is 16.4 Å². The average Bonchev–Trinajstić information content (AvgIpc) is 2.56. The summed E-state index contributed by atoms with van der Waals surface area (Å²) in [5.74, 6) is 0. The van der Waals surface area contributed by atoms with Crippen LogP contribution in [0.25, 0.3) is 0 Å². The third-order valence-electron chi connectivity index (χ3n) is 1.71. The normalized spacial score (nSPS) is 20.9. The Morgan fingerprint density at radius 1 is 1.42 bits per heavy atom. The first kappa shape index (κ1) is 7.65. The van der Waals surface area contributed by atoms with Gasteiger partial charge in [-0.1, -0.05) is 23.7 Å². The first-order chi connectivity index (χ1) is 5.86. The smallest absolute Gasteiger partial charge is 0.130 e. The minimum absolute atomic E-state index is 0.0105. The molecule has 0 aliphatic carbocycles.